The van der Waals surface area contributed by atoms with Gasteiger partial charge in [0.1, 0.15) is 11.4 Å². The Hall–Kier alpha value is -0.810. The molecule has 0 unspecified atom stereocenters. The van der Waals surface area contributed by atoms with Crippen molar-refractivity contribution in [1.82, 2.24) is 0 Å². The Morgan fingerprint density at radius 3 is 2.94 bits per heavy atom. The number of nitrogens with zero attached hydrogens (tertiary/aromatic N) is 1. The minimum Gasteiger partial charge on any atom is -0.378 e. The molecule has 16 heavy (non-hydrogen) atoms. The second-order valence-corrected chi connectivity index (χ2v) is 5.48. The van der Waals surface area contributed by atoms with Crippen molar-refractivity contribution in [3.05, 3.63) is 45.5 Å². The molecule has 84 valence electrons. The molecule has 1 aromatic rings. The van der Waals surface area contributed by atoms with Gasteiger partial charge in [0, 0.05) is 10.0 Å². The molecule has 5 heteroatoms. The van der Waals surface area contributed by atoms with Crippen LogP contribution in [-0.2, 0) is 5.54 Å². The first-order chi connectivity index (χ1) is 7.51. The van der Waals surface area contributed by atoms with E-state index in [2.05, 4.69) is 20.9 Å². The largest absolute Gasteiger partial charge is 0.378 e. The Bertz CT molecular complexity index is 487. The van der Waals surface area contributed by atoms with Crippen LogP contribution in [0.5, 0.6) is 0 Å². The van der Waals surface area contributed by atoms with Crippen LogP contribution in [0.25, 0.3) is 0 Å². The molecule has 1 atom stereocenters. The predicted molar refractivity (Wildman–Crippen MR) is 69.8 cm³/mol. The standard InChI is InChI=1S/C11H10BrFN2S/c1-11(4-5-16-10(14)15-11)8-6-7(12)2-3-9(8)13/h2-6H,1H3,(H2,14,15)/t11-/m0/s1. The first-order valence-electron chi connectivity index (χ1n) is 4.66. The van der Waals surface area contributed by atoms with Gasteiger partial charge in [-0.15, -0.1) is 0 Å². The van der Waals surface area contributed by atoms with Crippen molar-refractivity contribution in [3.63, 3.8) is 0 Å². The van der Waals surface area contributed by atoms with Crippen molar-refractivity contribution < 1.29 is 4.39 Å². The summed E-state index contributed by atoms with van der Waals surface area (Å²) in [4.78, 5) is 4.30. The fourth-order valence-electron chi connectivity index (χ4n) is 1.56. The van der Waals surface area contributed by atoms with E-state index in [4.69, 9.17) is 5.73 Å². The summed E-state index contributed by atoms with van der Waals surface area (Å²) < 4.78 is 14.6. The first-order valence-corrected chi connectivity index (χ1v) is 6.34. The molecular weight excluding hydrogens is 291 g/mol. The molecule has 2 nitrogen and oxygen atoms in total. The fraction of sp³-hybridized carbons (Fsp3) is 0.182. The summed E-state index contributed by atoms with van der Waals surface area (Å²) in [5.41, 5.74) is 5.46. The van der Waals surface area contributed by atoms with Crippen LogP contribution in [-0.4, -0.2) is 5.17 Å². The monoisotopic (exact) mass is 300 g/mol. The molecule has 0 amide bonds. The van der Waals surface area contributed by atoms with Crippen molar-refractivity contribution in [1.29, 1.82) is 0 Å². The van der Waals surface area contributed by atoms with Gasteiger partial charge in [0.2, 0.25) is 0 Å². The average Bonchev–Trinajstić information content (AvgIpc) is 2.21. The zero-order valence-corrected chi connectivity index (χ0v) is 11.0. The molecule has 2 rings (SSSR count). The van der Waals surface area contributed by atoms with Crippen LogP contribution in [0.1, 0.15) is 12.5 Å². The van der Waals surface area contributed by atoms with E-state index in [-0.39, 0.29) is 5.82 Å². The molecule has 1 aliphatic heterocycles. The third-order valence-electron chi connectivity index (χ3n) is 2.40. The van der Waals surface area contributed by atoms with Gasteiger partial charge >= 0.3 is 0 Å². The van der Waals surface area contributed by atoms with Gasteiger partial charge in [-0.25, -0.2) is 9.38 Å². The molecule has 0 saturated carbocycles. The molecule has 1 aromatic carbocycles. The van der Waals surface area contributed by atoms with Gasteiger partial charge in [0.15, 0.2) is 5.17 Å². The summed E-state index contributed by atoms with van der Waals surface area (Å²) in [6.07, 6.45) is 1.85. The van der Waals surface area contributed by atoms with Crippen molar-refractivity contribution >= 4 is 32.9 Å². The number of amidine groups is 1. The minimum atomic E-state index is -0.719. The summed E-state index contributed by atoms with van der Waals surface area (Å²) in [6, 6.07) is 4.81. The van der Waals surface area contributed by atoms with E-state index in [0.29, 0.717) is 10.7 Å². The molecule has 1 heterocycles. The third kappa shape index (κ3) is 2.15. The normalized spacial score (nSPS) is 24.3. The Labute approximate surface area is 106 Å². The van der Waals surface area contributed by atoms with E-state index in [1.54, 1.807) is 12.1 Å². The van der Waals surface area contributed by atoms with Gasteiger partial charge in [0.05, 0.1) is 0 Å². The molecule has 1 aliphatic rings. The van der Waals surface area contributed by atoms with E-state index in [0.717, 1.165) is 4.47 Å². The van der Waals surface area contributed by atoms with Gasteiger partial charge in [-0.1, -0.05) is 27.7 Å². The molecule has 0 aliphatic carbocycles. The van der Waals surface area contributed by atoms with E-state index >= 15 is 0 Å². The lowest BCUT2D eigenvalue weighted by molar-refractivity contribution is 0.545. The minimum absolute atomic E-state index is 0.279. The quantitative estimate of drug-likeness (QED) is 0.863. The maximum atomic E-state index is 13.8. The topological polar surface area (TPSA) is 38.4 Å². The highest BCUT2D eigenvalue weighted by molar-refractivity contribution is 9.10. The smallest absolute Gasteiger partial charge is 0.159 e. The summed E-state index contributed by atoms with van der Waals surface area (Å²) >= 11 is 4.66. The lowest BCUT2D eigenvalue weighted by Crippen LogP contribution is -2.24. The van der Waals surface area contributed by atoms with E-state index < -0.39 is 5.54 Å². The number of nitrogens with two attached hydrogens (primary N) is 1. The van der Waals surface area contributed by atoms with Crippen molar-refractivity contribution in [3.8, 4) is 0 Å². The maximum absolute atomic E-state index is 13.8. The van der Waals surface area contributed by atoms with Crippen LogP contribution in [0, 0.1) is 5.82 Å². The summed E-state index contributed by atoms with van der Waals surface area (Å²) in [7, 11) is 0. The zero-order chi connectivity index (χ0) is 11.8. The van der Waals surface area contributed by atoms with Crippen LogP contribution in [0.4, 0.5) is 4.39 Å². The van der Waals surface area contributed by atoms with Gasteiger partial charge in [-0.05, 0) is 36.6 Å². The summed E-state index contributed by atoms with van der Waals surface area (Å²) in [5, 5.41) is 2.28. The highest BCUT2D eigenvalue weighted by Gasteiger charge is 2.28. The lowest BCUT2D eigenvalue weighted by Gasteiger charge is -2.25. The van der Waals surface area contributed by atoms with Gasteiger partial charge < -0.3 is 5.73 Å². The Morgan fingerprint density at radius 2 is 2.25 bits per heavy atom. The number of halogens is 2. The van der Waals surface area contributed by atoms with Crippen LogP contribution < -0.4 is 5.73 Å². The average molecular weight is 301 g/mol. The van der Waals surface area contributed by atoms with E-state index in [1.165, 1.54) is 17.8 Å². The molecule has 0 radical (unpaired) electrons. The molecule has 0 fully saturated rings. The number of hydrogen-bond donors (Lipinski definition) is 1. The second-order valence-electron chi connectivity index (χ2n) is 3.64. The first kappa shape index (κ1) is 11.7. The Balaban J connectivity index is 2.54. The van der Waals surface area contributed by atoms with E-state index in [9.17, 15) is 4.39 Å². The highest BCUT2D eigenvalue weighted by atomic mass is 79.9. The molecule has 0 bridgehead atoms. The number of benzene rings is 1. The second kappa shape index (κ2) is 4.22. The predicted octanol–water partition coefficient (Wildman–Crippen LogP) is 3.38. The van der Waals surface area contributed by atoms with Crippen molar-refractivity contribution in [2.45, 2.75) is 12.5 Å². The van der Waals surface area contributed by atoms with Crippen molar-refractivity contribution in [2.24, 2.45) is 10.7 Å². The van der Waals surface area contributed by atoms with Crippen LogP contribution in [0.2, 0.25) is 0 Å². The third-order valence-corrected chi connectivity index (χ3v) is 3.50. The number of aliphatic imine (C=N–C) groups is 1. The van der Waals surface area contributed by atoms with Gasteiger partial charge in [-0.3, -0.25) is 0 Å². The highest BCUT2D eigenvalue weighted by Crippen LogP contribution is 2.35. The van der Waals surface area contributed by atoms with Crippen molar-refractivity contribution in [2.75, 3.05) is 0 Å². The van der Waals surface area contributed by atoms with Crippen LogP contribution >= 0.6 is 27.7 Å². The molecule has 2 N–H and O–H groups in total. The van der Waals surface area contributed by atoms with Gasteiger partial charge in [0.25, 0.3) is 0 Å². The number of hydrogen-bond acceptors (Lipinski definition) is 3. The lowest BCUT2D eigenvalue weighted by atomic mass is 9.92. The fourth-order valence-corrected chi connectivity index (χ4v) is 2.64. The van der Waals surface area contributed by atoms with Crippen LogP contribution in [0.15, 0.2) is 39.1 Å². The molecule has 0 spiro atoms. The van der Waals surface area contributed by atoms with Crippen LogP contribution in [0.3, 0.4) is 0 Å². The SMILES string of the molecule is C[C@@]1(c2cc(Br)ccc2F)C=CSC(N)=N1. The maximum Gasteiger partial charge on any atom is 0.159 e. The zero-order valence-electron chi connectivity index (χ0n) is 8.58. The Morgan fingerprint density at radius 1 is 1.50 bits per heavy atom. The summed E-state index contributed by atoms with van der Waals surface area (Å²) in [5.74, 6) is -0.279. The number of thioether (sulfide) groups is 1. The number of rotatable bonds is 1. The molecular formula is C11H10BrFN2S. The van der Waals surface area contributed by atoms with E-state index in [1.807, 2.05) is 18.4 Å². The Kier molecular flexibility index (Phi) is 3.08. The molecule has 0 saturated heterocycles. The van der Waals surface area contributed by atoms with Gasteiger partial charge in [-0.2, -0.15) is 0 Å². The molecule has 0 aromatic heterocycles. The summed E-state index contributed by atoms with van der Waals surface area (Å²) in [6.45, 7) is 1.83.